The molecule has 0 aliphatic carbocycles. The van der Waals surface area contributed by atoms with Crippen molar-refractivity contribution in [2.45, 2.75) is 24.6 Å². The van der Waals surface area contributed by atoms with Gasteiger partial charge in [-0.2, -0.15) is 13.6 Å². The molecule has 3 rings (SSSR count). The van der Waals surface area contributed by atoms with Crippen LogP contribution in [0.5, 0.6) is 0 Å². The number of hydrogen-bond donors (Lipinski definition) is 7. The molecular weight excluding hydrogens is 510 g/mol. The number of nitrogens with zero attached hydrogens (tertiary/aromatic N) is 3. The molecule has 0 aromatic carbocycles. The smallest absolute Gasteiger partial charge is 0.387 e. The SMILES string of the molecule is Nc1nc2c(ncn2[C@@H]2O[C@H](COP(=O)(O)OP(=O)(O)OP(=O)(O)O)[C@H](O)C2F)c(=O)[nH]1. The van der Waals surface area contributed by atoms with Gasteiger partial charge in [0.05, 0.1) is 12.9 Å². The number of phosphoric acid groups is 3. The fourth-order valence-electron chi connectivity index (χ4n) is 2.67. The number of aromatic amines is 1. The van der Waals surface area contributed by atoms with Gasteiger partial charge in [0.25, 0.3) is 5.56 Å². The first-order valence-corrected chi connectivity index (χ1v) is 12.6. The number of phosphoric ester groups is 1. The van der Waals surface area contributed by atoms with E-state index in [0.29, 0.717) is 0 Å². The molecule has 18 nitrogen and oxygen atoms in total. The predicted octanol–water partition coefficient (Wildman–Crippen LogP) is -1.36. The highest BCUT2D eigenvalue weighted by Crippen LogP contribution is 2.66. The largest absolute Gasteiger partial charge is 0.490 e. The molecule has 0 spiro atoms. The van der Waals surface area contributed by atoms with E-state index >= 15 is 0 Å². The number of alkyl halides is 1. The zero-order valence-electron chi connectivity index (χ0n) is 15.2. The first-order valence-electron chi connectivity index (χ1n) is 8.07. The summed E-state index contributed by atoms with van der Waals surface area (Å²) in [5.74, 6) is -0.317. The van der Waals surface area contributed by atoms with Crippen LogP contribution in [0.15, 0.2) is 11.1 Å². The Hall–Kier alpha value is -1.59. The maximum atomic E-state index is 14.6. The van der Waals surface area contributed by atoms with Crippen LogP contribution in [0.3, 0.4) is 0 Å². The van der Waals surface area contributed by atoms with Crippen molar-refractivity contribution in [3.8, 4) is 0 Å². The topological polar surface area (TPSA) is 279 Å². The van der Waals surface area contributed by atoms with E-state index in [4.69, 9.17) is 25.2 Å². The molecule has 1 fully saturated rings. The standard InChI is InChI=1S/C10H15FN5O13P3/c11-4-6(17)3(1-26-31(22,23)29-32(24,25)28-30(19,20)21)27-9(4)16-2-13-5-7(16)14-10(12)15-8(5)18/h2-4,6,9,17H,1H2,(H,22,23)(H,24,25)(H2,19,20,21)(H3,12,14,15,18)/t3-,4?,6+,9-/m1/s1. The second-order valence-corrected chi connectivity index (χ2v) is 10.6. The number of nitrogen functional groups attached to an aromatic ring is 1. The monoisotopic (exact) mass is 525 g/mol. The number of aliphatic hydroxyl groups excluding tert-OH is 1. The van der Waals surface area contributed by atoms with Crippen LogP contribution in [0.2, 0.25) is 0 Å². The van der Waals surface area contributed by atoms with Gasteiger partial charge in [0.15, 0.2) is 23.6 Å². The summed E-state index contributed by atoms with van der Waals surface area (Å²) in [6.45, 7) is -1.09. The minimum absolute atomic E-state index is 0.195. The highest BCUT2D eigenvalue weighted by atomic mass is 31.3. The van der Waals surface area contributed by atoms with Gasteiger partial charge < -0.3 is 35.2 Å². The molecule has 6 atom stereocenters. The normalized spacial score (nSPS) is 27.9. The Labute approximate surface area is 175 Å². The molecule has 0 bridgehead atoms. The Morgan fingerprint density at radius 3 is 2.50 bits per heavy atom. The third kappa shape index (κ3) is 5.66. The van der Waals surface area contributed by atoms with Crippen LogP contribution in [-0.4, -0.2) is 69.2 Å². The van der Waals surface area contributed by atoms with E-state index in [9.17, 15) is 32.9 Å². The first kappa shape index (κ1) is 25.0. The molecule has 0 radical (unpaired) electrons. The van der Waals surface area contributed by atoms with Gasteiger partial charge in [0, 0.05) is 0 Å². The van der Waals surface area contributed by atoms with Crippen LogP contribution in [0.25, 0.3) is 11.2 Å². The summed E-state index contributed by atoms with van der Waals surface area (Å²) in [5, 5.41) is 10.0. The number of imidazole rings is 1. The molecule has 1 aliphatic heterocycles. The van der Waals surface area contributed by atoms with Crippen molar-refractivity contribution < 1.29 is 60.6 Å². The average molecular weight is 525 g/mol. The Balaban J connectivity index is 1.72. The molecule has 1 saturated heterocycles. The zero-order valence-corrected chi connectivity index (χ0v) is 17.9. The van der Waals surface area contributed by atoms with Crippen molar-refractivity contribution in [1.82, 2.24) is 19.5 Å². The van der Waals surface area contributed by atoms with Crippen molar-refractivity contribution >= 4 is 40.6 Å². The Morgan fingerprint density at radius 1 is 1.22 bits per heavy atom. The molecular formula is C10H15FN5O13P3. The molecule has 3 unspecified atom stereocenters. The number of fused-ring (bicyclic) bond motifs is 1. The van der Waals surface area contributed by atoms with Gasteiger partial charge in [0.1, 0.15) is 12.2 Å². The van der Waals surface area contributed by atoms with Gasteiger partial charge in [-0.3, -0.25) is 18.9 Å². The van der Waals surface area contributed by atoms with Crippen LogP contribution in [0.4, 0.5) is 10.3 Å². The molecule has 32 heavy (non-hydrogen) atoms. The number of nitrogens with one attached hydrogen (secondary N) is 1. The summed E-state index contributed by atoms with van der Waals surface area (Å²) < 4.78 is 65.8. The number of hydrogen-bond acceptors (Lipinski definition) is 12. The van der Waals surface area contributed by atoms with Crippen molar-refractivity contribution in [3.63, 3.8) is 0 Å². The van der Waals surface area contributed by atoms with Crippen molar-refractivity contribution in [3.05, 3.63) is 16.7 Å². The zero-order chi connectivity index (χ0) is 24.1. The van der Waals surface area contributed by atoms with E-state index in [1.165, 1.54) is 0 Å². The summed E-state index contributed by atoms with van der Waals surface area (Å²) in [7, 11) is -16.9. The number of anilines is 1. The molecule has 8 N–H and O–H groups in total. The quantitative estimate of drug-likeness (QED) is 0.196. The molecule has 0 amide bonds. The van der Waals surface area contributed by atoms with E-state index in [1.54, 1.807) is 0 Å². The van der Waals surface area contributed by atoms with Crippen LogP contribution in [-0.2, 0) is 31.6 Å². The lowest BCUT2D eigenvalue weighted by Crippen LogP contribution is -2.31. The number of ether oxygens (including phenoxy) is 1. The van der Waals surface area contributed by atoms with E-state index in [1.807, 2.05) is 0 Å². The lowest BCUT2D eigenvalue weighted by Gasteiger charge is -2.19. The molecule has 0 saturated carbocycles. The first-order chi connectivity index (χ1) is 14.6. The summed E-state index contributed by atoms with van der Waals surface area (Å²) >= 11 is 0. The van der Waals surface area contributed by atoms with E-state index in [0.717, 1.165) is 10.9 Å². The van der Waals surface area contributed by atoms with Crippen LogP contribution < -0.4 is 11.3 Å². The number of nitrogens with two attached hydrogens (primary N) is 1. The average Bonchev–Trinajstić information content (AvgIpc) is 3.12. The van der Waals surface area contributed by atoms with Gasteiger partial charge in [0.2, 0.25) is 5.95 Å². The van der Waals surface area contributed by atoms with E-state index in [2.05, 4.69) is 28.1 Å². The number of H-pyrrole nitrogens is 1. The van der Waals surface area contributed by atoms with Gasteiger partial charge in [-0.05, 0) is 0 Å². The third-order valence-corrected chi connectivity index (χ3v) is 7.64. The third-order valence-electron chi connectivity index (χ3n) is 3.84. The number of halogens is 1. The van der Waals surface area contributed by atoms with Crippen LogP contribution in [0.1, 0.15) is 6.23 Å². The fourth-order valence-corrected chi connectivity index (χ4v) is 5.70. The van der Waals surface area contributed by atoms with Crippen molar-refractivity contribution in [2.75, 3.05) is 12.3 Å². The van der Waals surface area contributed by atoms with Gasteiger partial charge in [-0.25, -0.2) is 23.1 Å². The van der Waals surface area contributed by atoms with Crippen LogP contribution >= 0.6 is 23.5 Å². The highest BCUT2D eigenvalue weighted by molar-refractivity contribution is 7.66. The summed E-state index contributed by atoms with van der Waals surface area (Å²) in [5.41, 5.74) is 4.29. The fraction of sp³-hybridized carbons (Fsp3) is 0.500. The summed E-state index contributed by atoms with van der Waals surface area (Å²) in [6.07, 6.45) is -6.48. The van der Waals surface area contributed by atoms with Gasteiger partial charge in [-0.1, -0.05) is 0 Å². The minimum atomic E-state index is -5.76. The summed E-state index contributed by atoms with van der Waals surface area (Å²) in [6, 6.07) is 0. The Morgan fingerprint density at radius 2 is 1.88 bits per heavy atom. The minimum Gasteiger partial charge on any atom is -0.387 e. The maximum Gasteiger partial charge on any atom is 0.490 e. The molecule has 1 aliphatic rings. The molecule has 2 aromatic heterocycles. The second-order valence-electron chi connectivity index (χ2n) is 6.16. The van der Waals surface area contributed by atoms with Crippen LogP contribution in [0, 0.1) is 0 Å². The molecule has 3 heterocycles. The van der Waals surface area contributed by atoms with E-state index < -0.39 is 60.2 Å². The molecule has 2 aromatic rings. The maximum absolute atomic E-state index is 14.6. The predicted molar refractivity (Wildman–Crippen MR) is 97.2 cm³/mol. The number of aromatic nitrogens is 4. The summed E-state index contributed by atoms with van der Waals surface area (Å²) in [4.78, 5) is 57.0. The van der Waals surface area contributed by atoms with Gasteiger partial charge >= 0.3 is 23.5 Å². The Kier molecular flexibility index (Phi) is 6.76. The number of aliphatic hydroxyl groups is 1. The lowest BCUT2D eigenvalue weighted by molar-refractivity contribution is -0.0450. The van der Waals surface area contributed by atoms with E-state index in [-0.39, 0.29) is 17.1 Å². The van der Waals surface area contributed by atoms with Gasteiger partial charge in [-0.15, -0.1) is 0 Å². The Bertz CT molecular complexity index is 1210. The highest BCUT2D eigenvalue weighted by Gasteiger charge is 2.48. The molecule has 180 valence electrons. The van der Waals surface area contributed by atoms with Crippen molar-refractivity contribution in [1.29, 1.82) is 0 Å². The lowest BCUT2D eigenvalue weighted by atomic mass is 10.1. The van der Waals surface area contributed by atoms with Crippen molar-refractivity contribution in [2.24, 2.45) is 0 Å². The molecule has 22 heteroatoms. The number of rotatable bonds is 8. The second kappa shape index (κ2) is 8.64.